The number of hydrogen-bond donors (Lipinski definition) is 1. The smallest absolute Gasteiger partial charge is 0.0824 e. The highest BCUT2D eigenvalue weighted by atomic mass is 16.3. The summed E-state index contributed by atoms with van der Waals surface area (Å²) in [6.45, 7) is 2.09. The highest BCUT2D eigenvalue weighted by Crippen LogP contribution is 2.15. The zero-order valence-electron chi connectivity index (χ0n) is 7.98. The molecule has 1 heteroatoms. The summed E-state index contributed by atoms with van der Waals surface area (Å²) in [5, 5.41) is 9.70. The van der Waals surface area contributed by atoms with Crippen molar-refractivity contribution in [3.63, 3.8) is 0 Å². The molecule has 0 fully saturated rings. The van der Waals surface area contributed by atoms with Gasteiger partial charge in [-0.25, -0.2) is 0 Å². The Bertz CT molecular complexity index is 251. The molecule has 13 heavy (non-hydrogen) atoms. The fraction of sp³-hybridized carbons (Fsp3) is 0.333. The van der Waals surface area contributed by atoms with E-state index < -0.39 is 0 Å². The van der Waals surface area contributed by atoms with Crippen LogP contribution in [0.25, 0.3) is 0 Å². The normalized spacial score (nSPS) is 13.4. The lowest BCUT2D eigenvalue weighted by Gasteiger charge is -2.07. The van der Waals surface area contributed by atoms with Gasteiger partial charge in [0.25, 0.3) is 0 Å². The highest BCUT2D eigenvalue weighted by molar-refractivity contribution is 5.17. The molecule has 1 aromatic carbocycles. The van der Waals surface area contributed by atoms with Gasteiger partial charge in [0.2, 0.25) is 0 Å². The Balaban J connectivity index is 2.49. The van der Waals surface area contributed by atoms with Crippen LogP contribution in [0.2, 0.25) is 0 Å². The molecule has 0 bridgehead atoms. The van der Waals surface area contributed by atoms with Crippen LogP contribution >= 0.6 is 0 Å². The maximum atomic E-state index is 9.70. The molecule has 0 aromatic heterocycles. The van der Waals surface area contributed by atoms with Gasteiger partial charge in [-0.05, 0) is 18.4 Å². The molecule has 0 aliphatic heterocycles. The van der Waals surface area contributed by atoms with E-state index in [1.54, 1.807) is 0 Å². The van der Waals surface area contributed by atoms with E-state index in [0.29, 0.717) is 6.42 Å². The van der Waals surface area contributed by atoms with Crippen LogP contribution in [-0.2, 0) is 0 Å². The Morgan fingerprint density at radius 1 is 1.23 bits per heavy atom. The third kappa shape index (κ3) is 3.43. The lowest BCUT2D eigenvalue weighted by atomic mass is 10.1. The van der Waals surface area contributed by atoms with Gasteiger partial charge < -0.3 is 5.11 Å². The van der Waals surface area contributed by atoms with Gasteiger partial charge in [-0.2, -0.15) is 0 Å². The second-order valence-corrected chi connectivity index (χ2v) is 3.04. The van der Waals surface area contributed by atoms with E-state index in [1.807, 2.05) is 36.4 Å². The number of aliphatic hydroxyl groups is 1. The van der Waals surface area contributed by atoms with E-state index in [-0.39, 0.29) is 6.10 Å². The Morgan fingerprint density at radius 3 is 2.54 bits per heavy atom. The maximum absolute atomic E-state index is 9.70. The van der Waals surface area contributed by atoms with Gasteiger partial charge in [0, 0.05) is 0 Å². The summed E-state index contributed by atoms with van der Waals surface area (Å²) >= 11 is 0. The van der Waals surface area contributed by atoms with Gasteiger partial charge in [0.05, 0.1) is 6.10 Å². The number of hydrogen-bond acceptors (Lipinski definition) is 1. The second-order valence-electron chi connectivity index (χ2n) is 3.04. The topological polar surface area (TPSA) is 20.2 Å². The zero-order chi connectivity index (χ0) is 9.52. The molecular formula is C12H16O. The summed E-state index contributed by atoms with van der Waals surface area (Å²) in [5.41, 5.74) is 0.989. The predicted octanol–water partition coefficient (Wildman–Crippen LogP) is 3.08. The molecule has 0 aliphatic rings. The van der Waals surface area contributed by atoms with Crippen LogP contribution < -0.4 is 0 Å². The first-order valence-electron chi connectivity index (χ1n) is 4.72. The monoisotopic (exact) mass is 176 g/mol. The van der Waals surface area contributed by atoms with Crippen molar-refractivity contribution in [1.29, 1.82) is 0 Å². The molecule has 1 nitrogen and oxygen atoms in total. The van der Waals surface area contributed by atoms with Crippen LogP contribution in [0.1, 0.15) is 31.4 Å². The van der Waals surface area contributed by atoms with Gasteiger partial charge >= 0.3 is 0 Å². The average molecular weight is 176 g/mol. The van der Waals surface area contributed by atoms with Crippen LogP contribution in [-0.4, -0.2) is 5.11 Å². The Labute approximate surface area is 79.7 Å². The van der Waals surface area contributed by atoms with Gasteiger partial charge in [-0.3, -0.25) is 0 Å². The molecule has 1 N–H and O–H groups in total. The van der Waals surface area contributed by atoms with Crippen molar-refractivity contribution in [1.82, 2.24) is 0 Å². The lowest BCUT2D eigenvalue weighted by Crippen LogP contribution is -1.94. The molecule has 0 amide bonds. The number of allylic oxidation sites excluding steroid dienone is 1. The van der Waals surface area contributed by atoms with E-state index in [1.165, 1.54) is 0 Å². The molecule has 0 saturated heterocycles. The largest absolute Gasteiger partial charge is 0.388 e. The quantitative estimate of drug-likeness (QED) is 0.699. The third-order valence-corrected chi connectivity index (χ3v) is 1.95. The Morgan fingerprint density at radius 2 is 1.92 bits per heavy atom. The first kappa shape index (κ1) is 10.0. The molecule has 1 rings (SSSR count). The van der Waals surface area contributed by atoms with Crippen LogP contribution in [0.3, 0.4) is 0 Å². The summed E-state index contributed by atoms with van der Waals surface area (Å²) in [6.07, 6.45) is 5.48. The summed E-state index contributed by atoms with van der Waals surface area (Å²) in [5.74, 6) is 0. The van der Waals surface area contributed by atoms with Crippen LogP contribution in [0.4, 0.5) is 0 Å². The minimum Gasteiger partial charge on any atom is -0.388 e. The number of benzene rings is 1. The Hall–Kier alpha value is -1.08. The molecule has 1 unspecified atom stereocenters. The molecule has 70 valence electrons. The molecule has 0 radical (unpaired) electrons. The fourth-order valence-corrected chi connectivity index (χ4v) is 1.20. The average Bonchev–Trinajstić information content (AvgIpc) is 2.19. The van der Waals surface area contributed by atoms with Crippen molar-refractivity contribution in [2.45, 2.75) is 25.9 Å². The second kappa shape index (κ2) is 5.55. The molecule has 1 aromatic rings. The SMILES string of the molecule is CCC=CCC(O)c1ccccc1. The fourth-order valence-electron chi connectivity index (χ4n) is 1.20. The van der Waals surface area contributed by atoms with E-state index in [9.17, 15) is 5.11 Å². The first-order chi connectivity index (χ1) is 6.34. The van der Waals surface area contributed by atoms with E-state index in [2.05, 4.69) is 13.0 Å². The molecule has 1 atom stereocenters. The molecule has 0 heterocycles. The van der Waals surface area contributed by atoms with Crippen molar-refractivity contribution >= 4 is 0 Å². The minimum atomic E-state index is -0.357. The van der Waals surface area contributed by atoms with E-state index in [0.717, 1.165) is 12.0 Å². The summed E-state index contributed by atoms with van der Waals surface area (Å²) in [6, 6.07) is 9.75. The van der Waals surface area contributed by atoms with Crippen molar-refractivity contribution in [2.24, 2.45) is 0 Å². The summed E-state index contributed by atoms with van der Waals surface area (Å²) in [7, 11) is 0. The van der Waals surface area contributed by atoms with Crippen molar-refractivity contribution in [3.05, 3.63) is 48.0 Å². The first-order valence-corrected chi connectivity index (χ1v) is 4.72. The molecule has 0 aliphatic carbocycles. The lowest BCUT2D eigenvalue weighted by molar-refractivity contribution is 0.181. The van der Waals surface area contributed by atoms with Crippen LogP contribution in [0.5, 0.6) is 0 Å². The van der Waals surface area contributed by atoms with Gasteiger partial charge in [0.1, 0.15) is 0 Å². The molecule has 0 spiro atoms. The van der Waals surface area contributed by atoms with Crippen LogP contribution in [0, 0.1) is 0 Å². The standard InChI is InChI=1S/C12H16O/c1-2-3-5-10-12(13)11-8-6-4-7-9-11/h3-9,12-13H,2,10H2,1H3. The minimum absolute atomic E-state index is 0.357. The number of aliphatic hydroxyl groups excluding tert-OH is 1. The van der Waals surface area contributed by atoms with Crippen LogP contribution in [0.15, 0.2) is 42.5 Å². The summed E-state index contributed by atoms with van der Waals surface area (Å²) in [4.78, 5) is 0. The van der Waals surface area contributed by atoms with Gasteiger partial charge in [-0.1, -0.05) is 49.4 Å². The number of rotatable bonds is 4. The third-order valence-electron chi connectivity index (χ3n) is 1.95. The molecular weight excluding hydrogens is 160 g/mol. The summed E-state index contributed by atoms with van der Waals surface area (Å²) < 4.78 is 0. The predicted molar refractivity (Wildman–Crippen MR) is 55.4 cm³/mol. The maximum Gasteiger partial charge on any atom is 0.0824 e. The highest BCUT2D eigenvalue weighted by Gasteiger charge is 2.02. The van der Waals surface area contributed by atoms with E-state index in [4.69, 9.17) is 0 Å². The van der Waals surface area contributed by atoms with Crippen molar-refractivity contribution < 1.29 is 5.11 Å². The molecule has 0 saturated carbocycles. The van der Waals surface area contributed by atoms with Gasteiger partial charge in [0.15, 0.2) is 0 Å². The van der Waals surface area contributed by atoms with Gasteiger partial charge in [-0.15, -0.1) is 0 Å². The van der Waals surface area contributed by atoms with Crippen molar-refractivity contribution in [3.8, 4) is 0 Å². The zero-order valence-corrected chi connectivity index (χ0v) is 7.98. The van der Waals surface area contributed by atoms with E-state index >= 15 is 0 Å². The Kier molecular flexibility index (Phi) is 4.27. The van der Waals surface area contributed by atoms with Crippen molar-refractivity contribution in [2.75, 3.05) is 0 Å².